The van der Waals surface area contributed by atoms with Crippen LogP contribution in [0.4, 0.5) is 0 Å². The van der Waals surface area contributed by atoms with E-state index in [4.69, 9.17) is 18.7 Å². The van der Waals surface area contributed by atoms with Crippen molar-refractivity contribution in [2.24, 2.45) is 11.1 Å². The van der Waals surface area contributed by atoms with Gasteiger partial charge in [0.05, 0.1) is 12.8 Å². The summed E-state index contributed by atoms with van der Waals surface area (Å²) in [5.41, 5.74) is 3.22. The first-order valence-electron chi connectivity index (χ1n) is 10.5. The van der Waals surface area contributed by atoms with E-state index in [9.17, 15) is 4.79 Å². The highest BCUT2D eigenvalue weighted by atomic mass is 16.6. The summed E-state index contributed by atoms with van der Waals surface area (Å²) in [7, 11) is 1.37. The second kappa shape index (κ2) is 11.1. The molecular formula is C25H28N2O5. The van der Waals surface area contributed by atoms with Crippen LogP contribution < -0.4 is 4.74 Å². The molecule has 0 spiro atoms. The summed E-state index contributed by atoms with van der Waals surface area (Å²) in [6, 6.07) is 17.3. The van der Waals surface area contributed by atoms with Crippen molar-refractivity contribution >= 4 is 11.7 Å². The molecule has 1 atom stereocenters. The largest absolute Gasteiger partial charge is 0.487 e. The van der Waals surface area contributed by atoms with Crippen LogP contribution in [0.15, 0.2) is 64.2 Å². The van der Waals surface area contributed by atoms with E-state index in [0.29, 0.717) is 37.0 Å². The van der Waals surface area contributed by atoms with Crippen LogP contribution in [0.2, 0.25) is 0 Å². The summed E-state index contributed by atoms with van der Waals surface area (Å²) in [6.45, 7) is 6.21. The topological polar surface area (TPSA) is 83.2 Å². The van der Waals surface area contributed by atoms with Crippen LogP contribution in [0.3, 0.4) is 0 Å². The van der Waals surface area contributed by atoms with Crippen LogP contribution in [0.5, 0.6) is 5.75 Å². The van der Waals surface area contributed by atoms with Gasteiger partial charge in [-0.1, -0.05) is 35.5 Å². The number of oxime groups is 1. The molecule has 168 valence electrons. The van der Waals surface area contributed by atoms with Crippen molar-refractivity contribution in [1.29, 1.82) is 0 Å². The molecule has 0 N–H and O–H groups in total. The highest BCUT2D eigenvalue weighted by molar-refractivity contribution is 6.00. The fourth-order valence-electron chi connectivity index (χ4n) is 3.15. The number of aryl methyl sites for hydroxylation is 1. The van der Waals surface area contributed by atoms with Crippen molar-refractivity contribution in [1.82, 2.24) is 4.98 Å². The summed E-state index contributed by atoms with van der Waals surface area (Å²) in [5.74, 6) is 1.15. The van der Waals surface area contributed by atoms with Gasteiger partial charge in [0.1, 0.15) is 36.3 Å². The number of rotatable bonds is 10. The zero-order valence-corrected chi connectivity index (χ0v) is 18.8. The number of methoxy groups -OCH3 is 1. The lowest BCUT2D eigenvalue weighted by atomic mass is 9.95. The quantitative estimate of drug-likeness (QED) is 0.253. The minimum Gasteiger partial charge on any atom is -0.487 e. The van der Waals surface area contributed by atoms with Gasteiger partial charge in [0.2, 0.25) is 5.89 Å². The van der Waals surface area contributed by atoms with E-state index in [1.54, 1.807) is 6.92 Å². The van der Waals surface area contributed by atoms with Crippen LogP contribution in [-0.4, -0.2) is 30.4 Å². The van der Waals surface area contributed by atoms with Crippen molar-refractivity contribution in [3.8, 4) is 17.2 Å². The maximum Gasteiger partial charge on any atom is 0.314 e. The fourth-order valence-corrected chi connectivity index (χ4v) is 3.15. The maximum absolute atomic E-state index is 12.2. The summed E-state index contributed by atoms with van der Waals surface area (Å²) in [5, 5.41) is 4.00. The predicted octanol–water partition coefficient (Wildman–Crippen LogP) is 4.97. The Morgan fingerprint density at radius 3 is 2.50 bits per heavy atom. The molecule has 0 fully saturated rings. The Labute approximate surface area is 188 Å². The smallest absolute Gasteiger partial charge is 0.314 e. The molecule has 0 amide bonds. The number of hydrogen-bond acceptors (Lipinski definition) is 7. The molecule has 0 bridgehead atoms. The van der Waals surface area contributed by atoms with E-state index >= 15 is 0 Å². The first-order chi connectivity index (χ1) is 15.5. The first kappa shape index (κ1) is 23.1. The Morgan fingerprint density at radius 1 is 1.12 bits per heavy atom. The Morgan fingerprint density at radius 2 is 1.84 bits per heavy atom. The van der Waals surface area contributed by atoms with Crippen molar-refractivity contribution in [3.05, 3.63) is 71.6 Å². The Kier molecular flexibility index (Phi) is 8.02. The first-order valence-corrected chi connectivity index (χ1v) is 10.5. The van der Waals surface area contributed by atoms with E-state index in [-0.39, 0.29) is 5.97 Å². The van der Waals surface area contributed by atoms with Crippen molar-refractivity contribution in [3.63, 3.8) is 0 Å². The molecule has 0 aliphatic heterocycles. The molecule has 0 aliphatic rings. The molecule has 0 aliphatic carbocycles. The molecule has 3 aromatic rings. The molecular weight excluding hydrogens is 408 g/mol. The van der Waals surface area contributed by atoms with Gasteiger partial charge in [-0.05, 0) is 57.0 Å². The number of nitrogens with zero attached hydrogens (tertiary/aromatic N) is 2. The van der Waals surface area contributed by atoms with Crippen LogP contribution >= 0.6 is 0 Å². The van der Waals surface area contributed by atoms with Crippen LogP contribution in [0.25, 0.3) is 11.5 Å². The summed E-state index contributed by atoms with van der Waals surface area (Å²) in [4.78, 5) is 21.8. The second-order valence-electron chi connectivity index (χ2n) is 7.25. The van der Waals surface area contributed by atoms with Gasteiger partial charge in [-0.3, -0.25) is 4.79 Å². The summed E-state index contributed by atoms with van der Waals surface area (Å²) < 4.78 is 16.6. The average molecular weight is 437 g/mol. The molecule has 2 aromatic carbocycles. The number of ether oxygens (including phenoxy) is 2. The van der Waals surface area contributed by atoms with Gasteiger partial charge in [0, 0.05) is 5.56 Å². The summed E-state index contributed by atoms with van der Waals surface area (Å²) in [6.07, 6.45) is 0.457. The minimum absolute atomic E-state index is 0.298. The van der Waals surface area contributed by atoms with Gasteiger partial charge in [-0.2, -0.15) is 0 Å². The van der Waals surface area contributed by atoms with Crippen LogP contribution in [-0.2, 0) is 27.4 Å². The zero-order chi connectivity index (χ0) is 22.9. The molecule has 1 unspecified atom stereocenters. The Hall–Kier alpha value is -3.61. The maximum atomic E-state index is 12.2. The van der Waals surface area contributed by atoms with Gasteiger partial charge in [0.25, 0.3) is 0 Å². The highest BCUT2D eigenvalue weighted by Gasteiger charge is 2.23. The van der Waals surface area contributed by atoms with E-state index in [0.717, 1.165) is 22.6 Å². The SMILES string of the molecule is CCON=C(C)C(Cc1ccc(OCc2nc(-c3ccccc3)oc2C)cc1)C(=O)OC. The lowest BCUT2D eigenvalue weighted by molar-refractivity contribution is -0.143. The lowest BCUT2D eigenvalue weighted by Gasteiger charge is -2.14. The van der Waals surface area contributed by atoms with Crippen LogP contribution in [0, 0.1) is 12.8 Å². The van der Waals surface area contributed by atoms with Crippen molar-refractivity contribution in [2.45, 2.75) is 33.8 Å². The third-order valence-electron chi connectivity index (χ3n) is 4.98. The summed E-state index contributed by atoms with van der Waals surface area (Å²) >= 11 is 0. The number of oxazole rings is 1. The van der Waals surface area contributed by atoms with Gasteiger partial charge >= 0.3 is 5.97 Å². The van der Waals surface area contributed by atoms with Gasteiger partial charge in [-0.15, -0.1) is 0 Å². The van der Waals surface area contributed by atoms with Gasteiger partial charge < -0.3 is 18.7 Å². The number of hydrogen-bond donors (Lipinski definition) is 0. The molecule has 3 rings (SSSR count). The number of carbonyl (C=O) groups is 1. The second-order valence-corrected chi connectivity index (χ2v) is 7.25. The van der Waals surface area contributed by atoms with Crippen molar-refractivity contribution < 1.29 is 23.5 Å². The standard InChI is InChI=1S/C25H28N2O5/c1-5-31-27-17(2)22(25(28)29-4)15-19-11-13-21(14-12-19)30-16-23-18(3)32-24(26-23)20-9-7-6-8-10-20/h6-14,22H,5,15-16H2,1-4H3. The number of carbonyl (C=O) groups excluding carboxylic acids is 1. The van der Waals surface area contributed by atoms with E-state index in [1.165, 1.54) is 7.11 Å². The molecule has 7 heteroatoms. The molecule has 0 saturated carbocycles. The van der Waals surface area contributed by atoms with Crippen molar-refractivity contribution in [2.75, 3.05) is 13.7 Å². The predicted molar refractivity (Wildman–Crippen MR) is 121 cm³/mol. The molecule has 0 saturated heterocycles. The highest BCUT2D eigenvalue weighted by Crippen LogP contribution is 2.23. The molecule has 0 radical (unpaired) electrons. The van der Waals surface area contributed by atoms with E-state index in [1.807, 2.05) is 68.4 Å². The number of esters is 1. The minimum atomic E-state index is -0.507. The number of aromatic nitrogens is 1. The Balaban J connectivity index is 1.63. The average Bonchev–Trinajstić information content (AvgIpc) is 3.21. The monoisotopic (exact) mass is 436 g/mol. The molecule has 1 heterocycles. The normalized spacial score (nSPS) is 12.3. The third kappa shape index (κ3) is 5.97. The number of benzene rings is 2. The van der Waals surface area contributed by atoms with Gasteiger partial charge in [0.15, 0.2) is 0 Å². The lowest BCUT2D eigenvalue weighted by Crippen LogP contribution is -2.26. The zero-order valence-electron chi connectivity index (χ0n) is 18.8. The third-order valence-corrected chi connectivity index (χ3v) is 4.98. The van der Waals surface area contributed by atoms with Gasteiger partial charge in [-0.25, -0.2) is 4.98 Å². The molecule has 32 heavy (non-hydrogen) atoms. The van der Waals surface area contributed by atoms with E-state index in [2.05, 4.69) is 10.1 Å². The molecule has 1 aromatic heterocycles. The Bertz CT molecular complexity index is 1040. The van der Waals surface area contributed by atoms with E-state index < -0.39 is 5.92 Å². The fraction of sp³-hybridized carbons (Fsp3) is 0.320. The molecule has 7 nitrogen and oxygen atoms in total. The van der Waals surface area contributed by atoms with Crippen LogP contribution in [0.1, 0.15) is 30.9 Å².